The van der Waals surface area contributed by atoms with Gasteiger partial charge < -0.3 is 4.74 Å². The van der Waals surface area contributed by atoms with Gasteiger partial charge in [-0.3, -0.25) is 10.1 Å². The molecule has 0 heterocycles. The lowest BCUT2D eigenvalue weighted by atomic mass is 10.2. The van der Waals surface area contributed by atoms with Crippen LogP contribution in [0.3, 0.4) is 0 Å². The van der Waals surface area contributed by atoms with Crippen LogP contribution >= 0.6 is 11.8 Å². The molecule has 0 atom stereocenters. The molecule has 1 aromatic carbocycles. The van der Waals surface area contributed by atoms with Gasteiger partial charge in [-0.2, -0.15) is 0 Å². The van der Waals surface area contributed by atoms with Gasteiger partial charge in [-0.1, -0.05) is 6.92 Å². The zero-order chi connectivity index (χ0) is 11.1. The van der Waals surface area contributed by atoms with Gasteiger partial charge >= 0.3 is 0 Å². The maximum Gasteiger partial charge on any atom is 0.269 e. The fourth-order valence-electron chi connectivity index (χ4n) is 1.02. The number of rotatable bonds is 6. The van der Waals surface area contributed by atoms with E-state index in [0.29, 0.717) is 12.5 Å². The molecule has 0 fully saturated rings. The molecule has 5 heteroatoms. The van der Waals surface area contributed by atoms with Gasteiger partial charge in [0.25, 0.3) is 5.69 Å². The predicted molar refractivity (Wildman–Crippen MR) is 60.9 cm³/mol. The molecule has 0 amide bonds. The molecule has 4 nitrogen and oxygen atoms in total. The number of non-ortho nitro benzene ring substituents is 1. The van der Waals surface area contributed by atoms with E-state index in [-0.39, 0.29) is 5.69 Å². The summed E-state index contributed by atoms with van der Waals surface area (Å²) in [7, 11) is 0. The largest absolute Gasteiger partial charge is 0.366 e. The maximum atomic E-state index is 10.4. The van der Waals surface area contributed by atoms with E-state index in [1.807, 2.05) is 0 Å². The summed E-state index contributed by atoms with van der Waals surface area (Å²) in [5.41, 5.74) is 1.07. The molecular weight excluding hydrogens is 214 g/mol. The number of thioether (sulfide) groups is 1. The van der Waals surface area contributed by atoms with Crippen LogP contribution in [-0.2, 0) is 11.3 Å². The van der Waals surface area contributed by atoms with Gasteiger partial charge in [0, 0.05) is 12.1 Å². The summed E-state index contributed by atoms with van der Waals surface area (Å²) >= 11 is 1.70. The van der Waals surface area contributed by atoms with E-state index in [4.69, 9.17) is 4.74 Å². The summed E-state index contributed by atoms with van der Waals surface area (Å²) < 4.78 is 5.35. The first-order valence-electron chi connectivity index (χ1n) is 4.63. The maximum absolute atomic E-state index is 10.4. The monoisotopic (exact) mass is 227 g/mol. The SMILES string of the molecule is CCSCOCc1ccc([N+](=O)[O-])cc1. The van der Waals surface area contributed by atoms with Crippen molar-refractivity contribution in [3.05, 3.63) is 39.9 Å². The highest BCUT2D eigenvalue weighted by Gasteiger charge is 2.03. The average Bonchev–Trinajstić information content (AvgIpc) is 2.25. The highest BCUT2D eigenvalue weighted by atomic mass is 32.2. The van der Waals surface area contributed by atoms with Crippen molar-refractivity contribution in [1.82, 2.24) is 0 Å². The third-order valence-corrected chi connectivity index (χ3v) is 2.53. The van der Waals surface area contributed by atoms with E-state index >= 15 is 0 Å². The molecule has 0 N–H and O–H groups in total. The highest BCUT2D eigenvalue weighted by Crippen LogP contribution is 2.13. The molecule has 0 bridgehead atoms. The van der Waals surface area contributed by atoms with E-state index in [2.05, 4.69) is 6.92 Å². The van der Waals surface area contributed by atoms with Gasteiger partial charge in [0.2, 0.25) is 0 Å². The third kappa shape index (κ3) is 4.31. The first-order valence-corrected chi connectivity index (χ1v) is 5.78. The number of nitrogens with zero attached hydrogens (tertiary/aromatic N) is 1. The Balaban J connectivity index is 2.39. The van der Waals surface area contributed by atoms with Gasteiger partial charge in [0.05, 0.1) is 17.5 Å². The molecule has 1 aromatic rings. The van der Waals surface area contributed by atoms with Crippen LogP contribution in [0, 0.1) is 10.1 Å². The van der Waals surface area contributed by atoms with Crippen molar-refractivity contribution in [2.45, 2.75) is 13.5 Å². The quantitative estimate of drug-likeness (QED) is 0.324. The van der Waals surface area contributed by atoms with Gasteiger partial charge in [-0.15, -0.1) is 11.8 Å². The molecular formula is C10H13NO3S. The van der Waals surface area contributed by atoms with Crippen molar-refractivity contribution in [2.75, 3.05) is 11.7 Å². The van der Waals surface area contributed by atoms with Crippen molar-refractivity contribution in [3.63, 3.8) is 0 Å². The average molecular weight is 227 g/mol. The van der Waals surface area contributed by atoms with Crippen LogP contribution in [0.15, 0.2) is 24.3 Å². The molecule has 0 radical (unpaired) electrons. The van der Waals surface area contributed by atoms with E-state index in [1.54, 1.807) is 23.9 Å². The fourth-order valence-corrected chi connectivity index (χ4v) is 1.38. The Labute approximate surface area is 92.8 Å². The van der Waals surface area contributed by atoms with Crippen LogP contribution < -0.4 is 0 Å². The lowest BCUT2D eigenvalue weighted by Gasteiger charge is -2.02. The summed E-state index contributed by atoms with van der Waals surface area (Å²) in [6.07, 6.45) is 0. The summed E-state index contributed by atoms with van der Waals surface area (Å²) in [6.45, 7) is 2.57. The zero-order valence-electron chi connectivity index (χ0n) is 8.51. The molecule has 0 saturated carbocycles. The Bertz CT molecular complexity index is 313. The Morgan fingerprint density at radius 3 is 2.60 bits per heavy atom. The number of hydrogen-bond donors (Lipinski definition) is 0. The third-order valence-electron chi connectivity index (χ3n) is 1.79. The number of ether oxygens (including phenoxy) is 1. The molecule has 82 valence electrons. The smallest absolute Gasteiger partial charge is 0.269 e. The Morgan fingerprint density at radius 2 is 2.07 bits per heavy atom. The van der Waals surface area contributed by atoms with E-state index in [0.717, 1.165) is 11.3 Å². The fraction of sp³-hybridized carbons (Fsp3) is 0.400. The Hall–Kier alpha value is -1.07. The number of nitro benzene ring substituents is 1. The summed E-state index contributed by atoms with van der Waals surface area (Å²) in [5.74, 6) is 1.69. The van der Waals surface area contributed by atoms with Gasteiger partial charge in [0.15, 0.2) is 0 Å². The summed E-state index contributed by atoms with van der Waals surface area (Å²) in [5, 5.41) is 10.4. The topological polar surface area (TPSA) is 52.4 Å². The number of hydrogen-bond acceptors (Lipinski definition) is 4. The summed E-state index contributed by atoms with van der Waals surface area (Å²) in [6, 6.07) is 6.42. The second-order valence-electron chi connectivity index (χ2n) is 2.88. The van der Waals surface area contributed by atoms with E-state index in [1.165, 1.54) is 12.1 Å². The van der Waals surface area contributed by atoms with Crippen LogP contribution in [0.2, 0.25) is 0 Å². The zero-order valence-corrected chi connectivity index (χ0v) is 9.33. The van der Waals surface area contributed by atoms with Crippen molar-refractivity contribution >= 4 is 17.4 Å². The Kier molecular flexibility index (Phi) is 5.14. The Morgan fingerprint density at radius 1 is 1.40 bits per heavy atom. The van der Waals surface area contributed by atoms with E-state index in [9.17, 15) is 10.1 Å². The van der Waals surface area contributed by atoms with Crippen LogP contribution in [-0.4, -0.2) is 16.6 Å². The first-order chi connectivity index (χ1) is 7.24. The molecule has 0 aliphatic rings. The molecule has 0 saturated heterocycles. The molecule has 0 unspecified atom stereocenters. The molecule has 0 aliphatic carbocycles. The minimum Gasteiger partial charge on any atom is -0.366 e. The first kappa shape index (κ1) is 12.0. The van der Waals surface area contributed by atoms with Gasteiger partial charge in [-0.05, 0) is 23.4 Å². The molecule has 1 rings (SSSR count). The van der Waals surface area contributed by atoms with Crippen molar-refractivity contribution < 1.29 is 9.66 Å². The minimum absolute atomic E-state index is 0.113. The molecule has 0 aromatic heterocycles. The van der Waals surface area contributed by atoms with Gasteiger partial charge in [0.1, 0.15) is 0 Å². The van der Waals surface area contributed by atoms with Crippen molar-refractivity contribution in [2.24, 2.45) is 0 Å². The summed E-state index contributed by atoms with van der Waals surface area (Å²) in [4.78, 5) is 9.98. The van der Waals surface area contributed by atoms with Gasteiger partial charge in [-0.25, -0.2) is 0 Å². The lowest BCUT2D eigenvalue weighted by molar-refractivity contribution is -0.384. The van der Waals surface area contributed by atoms with Crippen LogP contribution in [0.25, 0.3) is 0 Å². The van der Waals surface area contributed by atoms with Crippen LogP contribution in [0.1, 0.15) is 12.5 Å². The number of nitro groups is 1. The second-order valence-corrected chi connectivity index (χ2v) is 4.10. The molecule has 0 aliphatic heterocycles. The molecule has 0 spiro atoms. The second kappa shape index (κ2) is 6.42. The number of benzene rings is 1. The standard InChI is InChI=1S/C10H13NO3S/c1-2-15-8-14-7-9-3-5-10(6-4-9)11(12)13/h3-6H,2,7-8H2,1H3. The predicted octanol–water partition coefficient (Wildman–Crippen LogP) is 2.82. The van der Waals surface area contributed by atoms with Crippen molar-refractivity contribution in [3.8, 4) is 0 Å². The minimum atomic E-state index is -0.405. The molecule has 15 heavy (non-hydrogen) atoms. The van der Waals surface area contributed by atoms with E-state index < -0.39 is 4.92 Å². The normalized spacial score (nSPS) is 10.2. The van der Waals surface area contributed by atoms with Crippen LogP contribution in [0.5, 0.6) is 0 Å². The van der Waals surface area contributed by atoms with Crippen LogP contribution in [0.4, 0.5) is 5.69 Å². The lowest BCUT2D eigenvalue weighted by Crippen LogP contribution is -1.93. The highest BCUT2D eigenvalue weighted by molar-refractivity contribution is 7.99. The van der Waals surface area contributed by atoms with Crippen molar-refractivity contribution in [1.29, 1.82) is 0 Å².